The number of rotatable bonds is 4. The van der Waals surface area contributed by atoms with Crippen LogP contribution in [0.2, 0.25) is 0 Å². The molecule has 34 heavy (non-hydrogen) atoms. The summed E-state index contributed by atoms with van der Waals surface area (Å²) in [7, 11) is 0. The zero-order valence-electron chi connectivity index (χ0n) is 18.1. The van der Waals surface area contributed by atoms with Gasteiger partial charge in [-0.15, -0.1) is 16.4 Å². The van der Waals surface area contributed by atoms with Gasteiger partial charge >= 0.3 is 0 Å². The van der Waals surface area contributed by atoms with Crippen molar-refractivity contribution in [3.63, 3.8) is 0 Å². The summed E-state index contributed by atoms with van der Waals surface area (Å²) in [5.74, 6) is 0.902. The highest BCUT2D eigenvalue weighted by molar-refractivity contribution is 7.13. The molecule has 0 aliphatic carbocycles. The van der Waals surface area contributed by atoms with Crippen LogP contribution in [0, 0.1) is 5.82 Å². The van der Waals surface area contributed by atoms with E-state index < -0.39 is 0 Å². The monoisotopic (exact) mass is 473 g/mol. The topological polar surface area (TPSA) is 77.1 Å². The van der Waals surface area contributed by atoms with Gasteiger partial charge in [0.25, 0.3) is 5.91 Å². The van der Waals surface area contributed by atoms with Crippen molar-refractivity contribution in [1.82, 2.24) is 24.6 Å². The average Bonchev–Trinajstić information content (AvgIpc) is 3.63. The summed E-state index contributed by atoms with van der Waals surface area (Å²) in [6.07, 6.45) is 1.50. The molecule has 5 aromatic rings. The van der Waals surface area contributed by atoms with Gasteiger partial charge in [0.2, 0.25) is 5.82 Å². The SMILES string of the molecule is O=C(c1nc(-c2cccs2)n(-c2cccc(F)c2)n1)N1CCC(c2nc3ccccc3o2)CC1. The first kappa shape index (κ1) is 20.7. The third-order valence-electron chi connectivity index (χ3n) is 6.03. The van der Waals surface area contributed by atoms with Gasteiger partial charge in [-0.1, -0.05) is 24.3 Å². The number of amides is 1. The molecule has 0 spiro atoms. The number of carbonyl (C=O) groups excluding carboxylic acids is 1. The minimum Gasteiger partial charge on any atom is -0.440 e. The van der Waals surface area contributed by atoms with E-state index in [0.29, 0.717) is 24.6 Å². The molecule has 4 heterocycles. The highest BCUT2D eigenvalue weighted by Crippen LogP contribution is 2.31. The van der Waals surface area contributed by atoms with Crippen LogP contribution in [0.1, 0.15) is 35.3 Å². The van der Waals surface area contributed by atoms with Crippen LogP contribution in [0.4, 0.5) is 4.39 Å². The van der Waals surface area contributed by atoms with Crippen LogP contribution in [0.15, 0.2) is 70.5 Å². The summed E-state index contributed by atoms with van der Waals surface area (Å²) in [6, 6.07) is 17.6. The summed E-state index contributed by atoms with van der Waals surface area (Å²) in [6.45, 7) is 1.12. The quantitative estimate of drug-likeness (QED) is 0.354. The van der Waals surface area contributed by atoms with Crippen LogP contribution in [-0.2, 0) is 0 Å². The first-order valence-electron chi connectivity index (χ1n) is 11.1. The number of oxazole rings is 1. The molecule has 6 rings (SSSR count). The predicted octanol–water partition coefficient (Wildman–Crippen LogP) is 5.30. The first-order valence-corrected chi connectivity index (χ1v) is 12.0. The first-order chi connectivity index (χ1) is 16.7. The number of carbonyl (C=O) groups is 1. The smallest absolute Gasteiger partial charge is 0.293 e. The van der Waals surface area contributed by atoms with Gasteiger partial charge < -0.3 is 9.32 Å². The van der Waals surface area contributed by atoms with E-state index in [-0.39, 0.29) is 23.5 Å². The molecule has 1 fully saturated rings. The Morgan fingerprint density at radius 1 is 1.03 bits per heavy atom. The van der Waals surface area contributed by atoms with Gasteiger partial charge in [-0.2, -0.15) is 0 Å². The fraction of sp³-hybridized carbons (Fsp3) is 0.200. The Bertz CT molecular complexity index is 1430. The van der Waals surface area contributed by atoms with E-state index in [9.17, 15) is 9.18 Å². The third kappa shape index (κ3) is 3.77. The maximum absolute atomic E-state index is 13.9. The normalized spacial score (nSPS) is 14.7. The van der Waals surface area contributed by atoms with Crippen molar-refractivity contribution < 1.29 is 13.6 Å². The highest BCUT2D eigenvalue weighted by atomic mass is 32.1. The number of para-hydroxylation sites is 2. The Morgan fingerprint density at radius 3 is 2.65 bits per heavy atom. The zero-order chi connectivity index (χ0) is 23.1. The molecule has 0 radical (unpaired) electrons. The van der Waals surface area contributed by atoms with E-state index in [0.717, 1.165) is 34.7 Å². The number of fused-ring (bicyclic) bond motifs is 1. The standard InChI is InChI=1S/C25H20FN5O2S/c26-17-5-3-6-18(15-17)31-23(21-9-4-14-34-21)28-22(29-31)25(32)30-12-10-16(11-13-30)24-27-19-7-1-2-8-20(19)33-24/h1-9,14-16H,10-13H2. The molecular formula is C25H20FN5O2S. The molecule has 7 nitrogen and oxygen atoms in total. The number of benzene rings is 2. The number of halogens is 1. The summed E-state index contributed by atoms with van der Waals surface area (Å²) in [4.78, 5) is 25.1. The maximum Gasteiger partial charge on any atom is 0.293 e. The van der Waals surface area contributed by atoms with Crippen molar-refractivity contribution in [3.8, 4) is 16.4 Å². The van der Waals surface area contributed by atoms with Crippen molar-refractivity contribution in [1.29, 1.82) is 0 Å². The van der Waals surface area contributed by atoms with E-state index in [1.54, 1.807) is 17.0 Å². The van der Waals surface area contributed by atoms with Crippen molar-refractivity contribution in [2.24, 2.45) is 0 Å². The largest absolute Gasteiger partial charge is 0.440 e. The molecule has 2 aromatic carbocycles. The average molecular weight is 474 g/mol. The van der Waals surface area contributed by atoms with E-state index in [4.69, 9.17) is 4.42 Å². The van der Waals surface area contributed by atoms with E-state index >= 15 is 0 Å². The van der Waals surface area contributed by atoms with Crippen LogP contribution in [-0.4, -0.2) is 43.6 Å². The molecule has 170 valence electrons. The number of nitrogens with zero attached hydrogens (tertiary/aromatic N) is 5. The Hall–Kier alpha value is -3.85. The van der Waals surface area contributed by atoms with Gasteiger partial charge in [0.15, 0.2) is 17.3 Å². The molecule has 0 atom stereocenters. The highest BCUT2D eigenvalue weighted by Gasteiger charge is 2.30. The lowest BCUT2D eigenvalue weighted by Gasteiger charge is -2.29. The summed E-state index contributed by atoms with van der Waals surface area (Å²) >= 11 is 1.49. The van der Waals surface area contributed by atoms with Crippen LogP contribution >= 0.6 is 11.3 Å². The minimum atomic E-state index is -0.376. The van der Waals surface area contributed by atoms with E-state index in [1.165, 1.54) is 28.2 Å². The number of likely N-dealkylation sites (tertiary alicyclic amines) is 1. The summed E-state index contributed by atoms with van der Waals surface area (Å²) < 4.78 is 21.4. The van der Waals surface area contributed by atoms with E-state index in [2.05, 4.69) is 15.1 Å². The van der Waals surface area contributed by atoms with Crippen molar-refractivity contribution in [3.05, 3.63) is 83.6 Å². The second kappa shape index (κ2) is 8.49. The second-order valence-electron chi connectivity index (χ2n) is 8.21. The van der Waals surface area contributed by atoms with Gasteiger partial charge in [-0.3, -0.25) is 4.79 Å². The van der Waals surface area contributed by atoms with Gasteiger partial charge in [0, 0.05) is 19.0 Å². The number of aromatic nitrogens is 4. The Kier molecular flexibility index (Phi) is 5.18. The molecular weight excluding hydrogens is 453 g/mol. The van der Waals surface area contributed by atoms with Crippen LogP contribution in [0.5, 0.6) is 0 Å². The molecule has 1 aliphatic rings. The van der Waals surface area contributed by atoms with Crippen LogP contribution < -0.4 is 0 Å². The van der Waals surface area contributed by atoms with E-state index in [1.807, 2.05) is 41.8 Å². The molecule has 1 amide bonds. The van der Waals surface area contributed by atoms with Crippen molar-refractivity contribution in [2.45, 2.75) is 18.8 Å². The molecule has 1 saturated heterocycles. The molecule has 9 heteroatoms. The minimum absolute atomic E-state index is 0.105. The predicted molar refractivity (Wildman–Crippen MR) is 127 cm³/mol. The number of thiophene rings is 1. The molecule has 3 aromatic heterocycles. The Labute approximate surface area is 198 Å². The van der Waals surface area contributed by atoms with Crippen molar-refractivity contribution >= 4 is 28.3 Å². The second-order valence-corrected chi connectivity index (χ2v) is 9.16. The Morgan fingerprint density at radius 2 is 1.88 bits per heavy atom. The number of hydrogen-bond donors (Lipinski definition) is 0. The molecule has 0 saturated carbocycles. The third-order valence-corrected chi connectivity index (χ3v) is 6.90. The van der Waals surface area contributed by atoms with Gasteiger partial charge in [-0.05, 0) is 54.6 Å². The van der Waals surface area contributed by atoms with Gasteiger partial charge in [0.05, 0.1) is 10.6 Å². The lowest BCUT2D eigenvalue weighted by molar-refractivity contribution is 0.0694. The molecule has 1 aliphatic heterocycles. The summed E-state index contributed by atoms with van der Waals surface area (Å²) in [5, 5.41) is 6.41. The van der Waals surface area contributed by atoms with Crippen molar-refractivity contribution in [2.75, 3.05) is 13.1 Å². The molecule has 0 N–H and O–H groups in total. The lowest BCUT2D eigenvalue weighted by Crippen LogP contribution is -2.38. The van der Waals surface area contributed by atoms with Gasteiger partial charge in [0.1, 0.15) is 11.3 Å². The fourth-order valence-corrected chi connectivity index (χ4v) is 4.99. The number of piperidine rings is 1. The van der Waals surface area contributed by atoms with Gasteiger partial charge in [-0.25, -0.2) is 19.0 Å². The van der Waals surface area contributed by atoms with Crippen LogP contribution in [0.25, 0.3) is 27.5 Å². The summed E-state index contributed by atoms with van der Waals surface area (Å²) in [5.41, 5.74) is 2.15. The molecule has 0 unspecified atom stereocenters. The zero-order valence-corrected chi connectivity index (χ0v) is 18.9. The fourth-order valence-electron chi connectivity index (χ4n) is 4.29. The molecule has 0 bridgehead atoms. The maximum atomic E-state index is 13.9. The number of hydrogen-bond acceptors (Lipinski definition) is 6. The lowest BCUT2D eigenvalue weighted by atomic mass is 9.97. The Balaban J connectivity index is 1.24. The van der Waals surface area contributed by atoms with Crippen LogP contribution in [0.3, 0.4) is 0 Å².